The molecule has 0 heterocycles. The van der Waals surface area contributed by atoms with Crippen LogP contribution >= 0.6 is 0 Å². The SMILES string of the molecule is CC(C)(C)OC(=O)C[C@H](NC(=O)OCc1ccccc1)C(=O)NCCNC(=O)OC(C)(C)C. The first kappa shape index (κ1) is 27.7. The number of benzene rings is 1. The van der Waals surface area contributed by atoms with E-state index >= 15 is 0 Å². The molecule has 3 N–H and O–H groups in total. The predicted molar refractivity (Wildman–Crippen MR) is 121 cm³/mol. The first-order valence-corrected chi connectivity index (χ1v) is 10.7. The number of carbonyl (C=O) groups excluding carboxylic acids is 4. The van der Waals surface area contributed by atoms with Crippen LogP contribution in [0.25, 0.3) is 0 Å². The molecule has 10 nitrogen and oxygen atoms in total. The van der Waals surface area contributed by atoms with E-state index in [0.29, 0.717) is 0 Å². The molecule has 1 aromatic rings. The molecule has 0 aliphatic carbocycles. The van der Waals surface area contributed by atoms with Gasteiger partial charge in [0.2, 0.25) is 5.91 Å². The zero-order valence-electron chi connectivity index (χ0n) is 20.2. The number of ether oxygens (including phenoxy) is 3. The monoisotopic (exact) mass is 465 g/mol. The summed E-state index contributed by atoms with van der Waals surface area (Å²) in [5, 5.41) is 7.46. The second-order valence-corrected chi connectivity index (χ2v) is 9.27. The second-order valence-electron chi connectivity index (χ2n) is 9.27. The van der Waals surface area contributed by atoms with E-state index in [1.54, 1.807) is 65.8 Å². The summed E-state index contributed by atoms with van der Waals surface area (Å²) in [6.07, 6.45) is -1.86. The third kappa shape index (κ3) is 13.7. The van der Waals surface area contributed by atoms with E-state index in [9.17, 15) is 19.2 Å². The molecular weight excluding hydrogens is 430 g/mol. The third-order valence-electron chi connectivity index (χ3n) is 3.70. The number of amides is 3. The summed E-state index contributed by atoms with van der Waals surface area (Å²) in [7, 11) is 0. The summed E-state index contributed by atoms with van der Waals surface area (Å²) < 4.78 is 15.5. The van der Waals surface area contributed by atoms with Crippen molar-refractivity contribution in [3.63, 3.8) is 0 Å². The normalized spacial score (nSPS) is 12.2. The molecule has 0 unspecified atom stereocenters. The Morgan fingerprint density at radius 1 is 0.818 bits per heavy atom. The highest BCUT2D eigenvalue weighted by molar-refractivity contribution is 5.89. The molecule has 33 heavy (non-hydrogen) atoms. The minimum atomic E-state index is -1.22. The van der Waals surface area contributed by atoms with Gasteiger partial charge in [-0.05, 0) is 47.1 Å². The maximum atomic E-state index is 12.6. The highest BCUT2D eigenvalue weighted by Gasteiger charge is 2.27. The maximum absolute atomic E-state index is 12.6. The molecule has 1 aromatic carbocycles. The minimum absolute atomic E-state index is 0.00720. The van der Waals surface area contributed by atoms with Crippen molar-refractivity contribution in [3.8, 4) is 0 Å². The van der Waals surface area contributed by atoms with E-state index in [0.717, 1.165) is 5.56 Å². The van der Waals surface area contributed by atoms with Gasteiger partial charge in [0.05, 0.1) is 6.42 Å². The lowest BCUT2D eigenvalue weighted by Gasteiger charge is -2.22. The Kier molecular flexibility index (Phi) is 10.6. The molecule has 3 amide bonds. The first-order chi connectivity index (χ1) is 15.2. The highest BCUT2D eigenvalue weighted by Crippen LogP contribution is 2.10. The van der Waals surface area contributed by atoms with Crippen molar-refractivity contribution in [3.05, 3.63) is 35.9 Å². The molecule has 0 aromatic heterocycles. The maximum Gasteiger partial charge on any atom is 0.408 e. The fraction of sp³-hybridized carbons (Fsp3) is 0.565. The summed E-state index contributed by atoms with van der Waals surface area (Å²) in [5.74, 6) is -1.28. The number of esters is 1. The molecule has 0 spiro atoms. The van der Waals surface area contributed by atoms with Crippen molar-refractivity contribution in [2.45, 2.75) is 71.8 Å². The van der Waals surface area contributed by atoms with Crippen LogP contribution in [0.4, 0.5) is 9.59 Å². The third-order valence-corrected chi connectivity index (χ3v) is 3.70. The van der Waals surface area contributed by atoms with Crippen LogP contribution < -0.4 is 16.0 Å². The molecule has 0 aliphatic heterocycles. The zero-order valence-corrected chi connectivity index (χ0v) is 20.2. The summed E-state index contributed by atoms with van der Waals surface area (Å²) in [6.45, 7) is 10.5. The van der Waals surface area contributed by atoms with Crippen LogP contribution in [0.5, 0.6) is 0 Å². The molecule has 0 bridgehead atoms. The Hall–Kier alpha value is -3.30. The number of hydrogen-bond acceptors (Lipinski definition) is 7. The molecule has 0 saturated heterocycles. The van der Waals surface area contributed by atoms with Gasteiger partial charge >= 0.3 is 18.2 Å². The number of carbonyl (C=O) groups is 4. The summed E-state index contributed by atoms with van der Waals surface area (Å²) in [5.41, 5.74) is -0.618. The Morgan fingerprint density at radius 2 is 1.39 bits per heavy atom. The highest BCUT2D eigenvalue weighted by atomic mass is 16.6. The minimum Gasteiger partial charge on any atom is -0.460 e. The van der Waals surface area contributed by atoms with Crippen LogP contribution in [0, 0.1) is 0 Å². The lowest BCUT2D eigenvalue weighted by molar-refractivity contribution is -0.156. The van der Waals surface area contributed by atoms with Gasteiger partial charge in [-0.15, -0.1) is 0 Å². The van der Waals surface area contributed by atoms with Crippen molar-refractivity contribution >= 4 is 24.1 Å². The number of hydrogen-bond donors (Lipinski definition) is 3. The van der Waals surface area contributed by atoms with Crippen LogP contribution in [-0.2, 0) is 30.4 Å². The zero-order chi connectivity index (χ0) is 25.1. The fourth-order valence-electron chi connectivity index (χ4n) is 2.45. The molecule has 0 radical (unpaired) electrons. The van der Waals surface area contributed by atoms with Crippen molar-refractivity contribution < 1.29 is 33.4 Å². The van der Waals surface area contributed by atoms with Gasteiger partial charge in [-0.1, -0.05) is 30.3 Å². The molecule has 1 atom stereocenters. The largest absolute Gasteiger partial charge is 0.460 e. The van der Waals surface area contributed by atoms with Crippen LogP contribution in [0.15, 0.2) is 30.3 Å². The Morgan fingerprint density at radius 3 is 1.97 bits per heavy atom. The molecular formula is C23H35N3O7. The van der Waals surface area contributed by atoms with Gasteiger partial charge in [0.1, 0.15) is 23.9 Å². The lowest BCUT2D eigenvalue weighted by atomic mass is 10.1. The Balaban J connectivity index is 2.62. The van der Waals surface area contributed by atoms with Crippen molar-refractivity contribution in [1.82, 2.24) is 16.0 Å². The predicted octanol–water partition coefficient (Wildman–Crippen LogP) is 2.65. The summed E-state index contributed by atoms with van der Waals surface area (Å²) in [4.78, 5) is 48.7. The van der Waals surface area contributed by atoms with E-state index in [1.807, 2.05) is 6.07 Å². The van der Waals surface area contributed by atoms with Gasteiger partial charge < -0.3 is 30.2 Å². The lowest BCUT2D eigenvalue weighted by Crippen LogP contribution is -2.49. The molecule has 0 fully saturated rings. The van der Waals surface area contributed by atoms with Crippen LogP contribution in [-0.4, -0.2) is 54.4 Å². The Labute approximate surface area is 194 Å². The van der Waals surface area contributed by atoms with Gasteiger partial charge in [-0.25, -0.2) is 9.59 Å². The topological polar surface area (TPSA) is 132 Å². The number of alkyl carbamates (subject to hydrolysis) is 2. The van der Waals surface area contributed by atoms with Crippen LogP contribution in [0.3, 0.4) is 0 Å². The molecule has 184 valence electrons. The summed E-state index contributed by atoms with van der Waals surface area (Å²) in [6, 6.07) is 7.81. The number of rotatable bonds is 9. The van der Waals surface area contributed by atoms with E-state index in [2.05, 4.69) is 16.0 Å². The molecule has 1 rings (SSSR count). The average molecular weight is 466 g/mol. The molecule has 10 heteroatoms. The molecule has 0 aliphatic rings. The van der Waals surface area contributed by atoms with Crippen LogP contribution in [0.1, 0.15) is 53.5 Å². The number of nitrogens with one attached hydrogen (secondary N) is 3. The quantitative estimate of drug-likeness (QED) is 0.290. The van der Waals surface area contributed by atoms with E-state index in [-0.39, 0.29) is 26.1 Å². The van der Waals surface area contributed by atoms with Gasteiger partial charge in [0, 0.05) is 13.1 Å². The standard InChI is InChI=1S/C23H35N3O7/c1-22(2,3)32-18(27)14-17(26-21(30)31-15-16-10-8-7-9-11-16)19(28)24-12-13-25-20(29)33-23(4,5)6/h7-11,17H,12-15H2,1-6H3,(H,24,28)(H,25,29)(H,26,30)/t17-/m0/s1. The average Bonchev–Trinajstić information content (AvgIpc) is 2.67. The molecule has 0 saturated carbocycles. The summed E-state index contributed by atoms with van der Waals surface area (Å²) >= 11 is 0. The van der Waals surface area contributed by atoms with Crippen molar-refractivity contribution in [2.75, 3.05) is 13.1 Å². The van der Waals surface area contributed by atoms with E-state index in [4.69, 9.17) is 14.2 Å². The Bertz CT molecular complexity index is 799. The van der Waals surface area contributed by atoms with Gasteiger partial charge in [0.15, 0.2) is 0 Å². The fourth-order valence-corrected chi connectivity index (χ4v) is 2.45. The van der Waals surface area contributed by atoms with E-state index < -0.39 is 41.3 Å². The second kappa shape index (κ2) is 12.7. The van der Waals surface area contributed by atoms with Gasteiger partial charge in [-0.3, -0.25) is 9.59 Å². The van der Waals surface area contributed by atoms with Gasteiger partial charge in [-0.2, -0.15) is 0 Å². The van der Waals surface area contributed by atoms with E-state index in [1.165, 1.54) is 0 Å². The smallest absolute Gasteiger partial charge is 0.408 e. The van der Waals surface area contributed by atoms with Gasteiger partial charge in [0.25, 0.3) is 0 Å². The first-order valence-electron chi connectivity index (χ1n) is 10.7. The van der Waals surface area contributed by atoms with Crippen molar-refractivity contribution in [2.24, 2.45) is 0 Å². The van der Waals surface area contributed by atoms with Crippen LogP contribution in [0.2, 0.25) is 0 Å². The van der Waals surface area contributed by atoms with Crippen molar-refractivity contribution in [1.29, 1.82) is 0 Å².